The molecule has 2 saturated carbocycles. The van der Waals surface area contributed by atoms with E-state index in [1.54, 1.807) is 0 Å². The molecule has 1 N–H and O–H groups in total. The second kappa shape index (κ2) is 1.98. The van der Waals surface area contributed by atoms with Gasteiger partial charge in [0, 0.05) is 0 Å². The highest BCUT2D eigenvalue weighted by Crippen LogP contribution is 2.44. The fourth-order valence-electron chi connectivity index (χ4n) is 2.32. The van der Waals surface area contributed by atoms with Crippen molar-refractivity contribution in [2.45, 2.75) is 38.2 Å². The maximum absolute atomic E-state index is 9.24. The Bertz CT molecular complexity index is 109. The Hall–Kier alpha value is -0.0400. The van der Waals surface area contributed by atoms with Gasteiger partial charge < -0.3 is 5.11 Å². The SMILES string of the molecule is O[C@H]1C[C@@H]2CCCC[C@@H]21. The van der Waals surface area contributed by atoms with Crippen LogP contribution in [0.3, 0.4) is 0 Å². The average molecular weight is 126 g/mol. The second-order valence-corrected chi connectivity index (χ2v) is 3.51. The Morgan fingerprint density at radius 1 is 1.11 bits per heavy atom. The summed E-state index contributed by atoms with van der Waals surface area (Å²) >= 11 is 0. The minimum atomic E-state index is 0.0790. The van der Waals surface area contributed by atoms with E-state index in [4.69, 9.17) is 0 Å². The van der Waals surface area contributed by atoms with Crippen LogP contribution in [0.5, 0.6) is 0 Å². The van der Waals surface area contributed by atoms with E-state index in [1.807, 2.05) is 0 Å². The third kappa shape index (κ3) is 0.787. The van der Waals surface area contributed by atoms with Crippen LogP contribution in [-0.2, 0) is 0 Å². The van der Waals surface area contributed by atoms with Gasteiger partial charge in [0.25, 0.3) is 0 Å². The molecule has 0 bridgehead atoms. The van der Waals surface area contributed by atoms with Crippen molar-refractivity contribution in [1.29, 1.82) is 0 Å². The lowest BCUT2D eigenvalue weighted by atomic mass is 9.64. The molecule has 0 saturated heterocycles. The van der Waals surface area contributed by atoms with Gasteiger partial charge in [-0.1, -0.05) is 12.8 Å². The summed E-state index contributed by atoms with van der Waals surface area (Å²) in [6.07, 6.45) is 6.64. The number of aliphatic hydroxyl groups is 1. The first-order valence-corrected chi connectivity index (χ1v) is 4.06. The number of aliphatic hydroxyl groups excluding tert-OH is 1. The predicted molar refractivity (Wildman–Crippen MR) is 36.1 cm³/mol. The molecule has 0 aromatic carbocycles. The average Bonchev–Trinajstić information content (AvgIpc) is 1.86. The van der Waals surface area contributed by atoms with E-state index in [0.717, 1.165) is 12.3 Å². The molecule has 0 spiro atoms. The molecular formula is C8H14O. The molecule has 0 heterocycles. The Kier molecular flexibility index (Phi) is 1.26. The maximum atomic E-state index is 9.24. The Morgan fingerprint density at radius 3 is 2.44 bits per heavy atom. The lowest BCUT2D eigenvalue weighted by Gasteiger charge is -2.45. The highest BCUT2D eigenvalue weighted by atomic mass is 16.3. The largest absolute Gasteiger partial charge is 0.393 e. The van der Waals surface area contributed by atoms with Crippen LogP contribution in [0, 0.1) is 11.8 Å². The van der Waals surface area contributed by atoms with Crippen LogP contribution in [0.2, 0.25) is 0 Å². The topological polar surface area (TPSA) is 20.2 Å². The zero-order chi connectivity index (χ0) is 6.27. The van der Waals surface area contributed by atoms with Crippen molar-refractivity contribution < 1.29 is 5.11 Å². The summed E-state index contributed by atoms with van der Waals surface area (Å²) < 4.78 is 0. The zero-order valence-electron chi connectivity index (χ0n) is 5.71. The van der Waals surface area contributed by atoms with Crippen LogP contribution in [-0.4, -0.2) is 11.2 Å². The molecule has 2 rings (SSSR count). The highest BCUT2D eigenvalue weighted by molar-refractivity contribution is 4.91. The van der Waals surface area contributed by atoms with Crippen molar-refractivity contribution in [2.24, 2.45) is 11.8 Å². The minimum Gasteiger partial charge on any atom is -0.393 e. The molecule has 0 radical (unpaired) electrons. The van der Waals surface area contributed by atoms with E-state index in [9.17, 15) is 5.11 Å². The van der Waals surface area contributed by atoms with Crippen LogP contribution in [0.1, 0.15) is 32.1 Å². The van der Waals surface area contributed by atoms with E-state index in [2.05, 4.69) is 0 Å². The molecule has 0 aliphatic heterocycles. The Balaban J connectivity index is 1.94. The van der Waals surface area contributed by atoms with Gasteiger partial charge in [-0.2, -0.15) is 0 Å². The van der Waals surface area contributed by atoms with Crippen LogP contribution in [0.15, 0.2) is 0 Å². The van der Waals surface area contributed by atoms with Crippen molar-refractivity contribution in [3.63, 3.8) is 0 Å². The normalized spacial score (nSPS) is 49.7. The van der Waals surface area contributed by atoms with E-state index >= 15 is 0 Å². The van der Waals surface area contributed by atoms with Crippen LogP contribution in [0.4, 0.5) is 0 Å². The highest BCUT2D eigenvalue weighted by Gasteiger charge is 2.40. The molecule has 0 unspecified atom stereocenters. The molecular weight excluding hydrogens is 112 g/mol. The number of fused-ring (bicyclic) bond motifs is 1. The third-order valence-corrected chi connectivity index (χ3v) is 3.01. The Morgan fingerprint density at radius 2 is 1.89 bits per heavy atom. The molecule has 1 heteroatoms. The molecule has 9 heavy (non-hydrogen) atoms. The second-order valence-electron chi connectivity index (χ2n) is 3.51. The quantitative estimate of drug-likeness (QED) is 0.522. The summed E-state index contributed by atoms with van der Waals surface area (Å²) in [4.78, 5) is 0. The van der Waals surface area contributed by atoms with Gasteiger partial charge in [-0.05, 0) is 31.1 Å². The van der Waals surface area contributed by atoms with Gasteiger partial charge in [-0.25, -0.2) is 0 Å². The summed E-state index contributed by atoms with van der Waals surface area (Å²) in [7, 11) is 0. The van der Waals surface area contributed by atoms with Crippen LogP contribution >= 0.6 is 0 Å². The summed E-state index contributed by atoms with van der Waals surface area (Å²) in [6, 6.07) is 0. The van der Waals surface area contributed by atoms with E-state index in [1.165, 1.54) is 25.7 Å². The first kappa shape index (κ1) is 5.72. The summed E-state index contributed by atoms with van der Waals surface area (Å²) in [5.74, 6) is 1.62. The number of hydrogen-bond acceptors (Lipinski definition) is 1. The van der Waals surface area contributed by atoms with Crippen molar-refractivity contribution in [1.82, 2.24) is 0 Å². The monoisotopic (exact) mass is 126 g/mol. The van der Waals surface area contributed by atoms with Crippen LogP contribution in [0.25, 0.3) is 0 Å². The van der Waals surface area contributed by atoms with Crippen molar-refractivity contribution in [2.75, 3.05) is 0 Å². The zero-order valence-corrected chi connectivity index (χ0v) is 5.71. The molecule has 2 aliphatic carbocycles. The summed E-state index contributed by atoms with van der Waals surface area (Å²) in [5, 5.41) is 9.24. The van der Waals surface area contributed by atoms with Gasteiger partial charge in [0.05, 0.1) is 6.10 Å². The standard InChI is InChI=1S/C8H14O/c9-8-5-6-3-1-2-4-7(6)8/h6-9H,1-5H2/t6-,7-,8-/m0/s1. The molecule has 52 valence electrons. The lowest BCUT2D eigenvalue weighted by Crippen LogP contribution is -2.42. The number of hydrogen-bond donors (Lipinski definition) is 1. The predicted octanol–water partition coefficient (Wildman–Crippen LogP) is 1.56. The van der Waals surface area contributed by atoms with Gasteiger partial charge in [-0.15, -0.1) is 0 Å². The lowest BCUT2D eigenvalue weighted by molar-refractivity contribution is -0.0556. The minimum absolute atomic E-state index is 0.0790. The summed E-state index contributed by atoms with van der Waals surface area (Å²) in [5.41, 5.74) is 0. The van der Waals surface area contributed by atoms with Crippen molar-refractivity contribution in [3.05, 3.63) is 0 Å². The van der Waals surface area contributed by atoms with E-state index in [-0.39, 0.29) is 6.10 Å². The molecule has 2 aliphatic rings. The first-order chi connectivity index (χ1) is 4.38. The maximum Gasteiger partial charge on any atom is 0.0573 e. The molecule has 1 nitrogen and oxygen atoms in total. The van der Waals surface area contributed by atoms with Crippen molar-refractivity contribution in [3.8, 4) is 0 Å². The Labute approximate surface area is 56.1 Å². The van der Waals surface area contributed by atoms with Gasteiger partial charge in [-0.3, -0.25) is 0 Å². The third-order valence-electron chi connectivity index (χ3n) is 3.01. The van der Waals surface area contributed by atoms with Crippen molar-refractivity contribution >= 4 is 0 Å². The molecule has 0 aromatic rings. The van der Waals surface area contributed by atoms with Crippen LogP contribution < -0.4 is 0 Å². The first-order valence-electron chi connectivity index (χ1n) is 4.06. The van der Waals surface area contributed by atoms with E-state index < -0.39 is 0 Å². The molecule has 0 aromatic heterocycles. The number of rotatable bonds is 0. The summed E-state index contributed by atoms with van der Waals surface area (Å²) in [6.45, 7) is 0. The van der Waals surface area contributed by atoms with Gasteiger partial charge in [0.1, 0.15) is 0 Å². The fraction of sp³-hybridized carbons (Fsp3) is 1.00. The molecule has 2 fully saturated rings. The molecule has 0 amide bonds. The van der Waals surface area contributed by atoms with Gasteiger partial charge in [0.15, 0.2) is 0 Å². The van der Waals surface area contributed by atoms with Gasteiger partial charge in [0.2, 0.25) is 0 Å². The smallest absolute Gasteiger partial charge is 0.0573 e. The fourth-order valence-corrected chi connectivity index (χ4v) is 2.32. The van der Waals surface area contributed by atoms with E-state index in [0.29, 0.717) is 5.92 Å². The molecule has 3 atom stereocenters. The van der Waals surface area contributed by atoms with Gasteiger partial charge >= 0.3 is 0 Å².